The Bertz CT molecular complexity index is 573. The Morgan fingerprint density at radius 3 is 2.61 bits per heavy atom. The molecule has 1 aromatic heterocycles. The summed E-state index contributed by atoms with van der Waals surface area (Å²) in [6, 6.07) is 7.57. The van der Waals surface area contributed by atoms with Crippen molar-refractivity contribution in [3.63, 3.8) is 0 Å². The van der Waals surface area contributed by atoms with Gasteiger partial charge >= 0.3 is 0 Å². The molecule has 2 rings (SSSR count). The second-order valence-corrected chi connectivity index (χ2v) is 4.04. The van der Waals surface area contributed by atoms with Crippen molar-refractivity contribution >= 4 is 0 Å². The molecule has 0 fully saturated rings. The van der Waals surface area contributed by atoms with Crippen LogP contribution in [0.5, 0.6) is 5.75 Å². The number of benzene rings is 1. The molecule has 0 aliphatic heterocycles. The van der Waals surface area contributed by atoms with Crippen molar-refractivity contribution in [2.75, 3.05) is 7.11 Å². The van der Waals surface area contributed by atoms with Crippen molar-refractivity contribution in [3.8, 4) is 17.0 Å². The Hall–Kier alpha value is -2.10. The van der Waals surface area contributed by atoms with Crippen LogP contribution in [0.15, 0.2) is 35.4 Å². The maximum absolute atomic E-state index is 11.8. The number of aromatic amines is 1. The fraction of sp³-hybridized carbons (Fsp3) is 0.286. The zero-order valence-corrected chi connectivity index (χ0v) is 10.6. The number of methoxy groups -OCH3 is 1. The molecule has 4 nitrogen and oxygen atoms in total. The van der Waals surface area contributed by atoms with Gasteiger partial charge < -0.3 is 9.72 Å². The summed E-state index contributed by atoms with van der Waals surface area (Å²) in [6.45, 7) is 2.05. The number of H-pyrrole nitrogens is 1. The fourth-order valence-corrected chi connectivity index (χ4v) is 1.91. The minimum absolute atomic E-state index is 0.0577. The predicted molar refractivity (Wildman–Crippen MR) is 70.8 cm³/mol. The summed E-state index contributed by atoms with van der Waals surface area (Å²) in [7, 11) is 1.63. The molecule has 1 N–H and O–H groups in total. The molecule has 0 unspecified atom stereocenters. The highest BCUT2D eigenvalue weighted by molar-refractivity contribution is 5.63. The number of ether oxygens (including phenoxy) is 1. The largest absolute Gasteiger partial charge is 0.497 e. The normalized spacial score (nSPS) is 10.3. The molecule has 1 aromatic carbocycles. The van der Waals surface area contributed by atoms with Crippen LogP contribution < -0.4 is 10.3 Å². The summed E-state index contributed by atoms with van der Waals surface area (Å²) in [4.78, 5) is 18.7. The molecule has 2 aromatic rings. The molecule has 0 atom stereocenters. The van der Waals surface area contributed by atoms with Crippen LogP contribution in [0.3, 0.4) is 0 Å². The first kappa shape index (κ1) is 12.4. The zero-order valence-electron chi connectivity index (χ0n) is 10.6. The van der Waals surface area contributed by atoms with Crippen molar-refractivity contribution in [2.24, 2.45) is 0 Å². The Balaban J connectivity index is 2.48. The maximum Gasteiger partial charge on any atom is 0.254 e. The number of aromatic nitrogens is 2. The highest BCUT2D eigenvalue weighted by Crippen LogP contribution is 2.22. The van der Waals surface area contributed by atoms with Crippen molar-refractivity contribution in [1.82, 2.24) is 9.97 Å². The third-order valence-corrected chi connectivity index (χ3v) is 2.81. The Morgan fingerprint density at radius 2 is 2.00 bits per heavy atom. The summed E-state index contributed by atoms with van der Waals surface area (Å²) in [6.07, 6.45) is 3.09. The van der Waals surface area contributed by atoms with E-state index in [-0.39, 0.29) is 5.56 Å². The van der Waals surface area contributed by atoms with Crippen LogP contribution in [0.25, 0.3) is 11.3 Å². The van der Waals surface area contributed by atoms with Gasteiger partial charge in [0.2, 0.25) is 0 Å². The maximum atomic E-state index is 11.8. The third kappa shape index (κ3) is 2.42. The molecule has 1 heterocycles. The first-order valence-electron chi connectivity index (χ1n) is 5.97. The molecular weight excluding hydrogens is 228 g/mol. The van der Waals surface area contributed by atoms with Gasteiger partial charge in [-0.05, 0) is 30.7 Å². The van der Waals surface area contributed by atoms with Crippen LogP contribution in [-0.4, -0.2) is 17.1 Å². The van der Waals surface area contributed by atoms with Crippen LogP contribution in [-0.2, 0) is 6.42 Å². The second-order valence-electron chi connectivity index (χ2n) is 4.04. The monoisotopic (exact) mass is 244 g/mol. The van der Waals surface area contributed by atoms with E-state index in [2.05, 4.69) is 9.97 Å². The van der Waals surface area contributed by atoms with E-state index in [4.69, 9.17) is 4.74 Å². The molecule has 0 saturated heterocycles. The van der Waals surface area contributed by atoms with Crippen molar-refractivity contribution < 1.29 is 4.74 Å². The quantitative estimate of drug-likeness (QED) is 0.898. The van der Waals surface area contributed by atoms with E-state index < -0.39 is 0 Å². The van der Waals surface area contributed by atoms with Gasteiger partial charge in [-0.15, -0.1) is 0 Å². The van der Waals surface area contributed by atoms with E-state index in [1.54, 1.807) is 7.11 Å². The van der Waals surface area contributed by atoms with Crippen LogP contribution >= 0.6 is 0 Å². The molecule has 94 valence electrons. The predicted octanol–water partition coefficient (Wildman–Crippen LogP) is 2.40. The fourth-order valence-electron chi connectivity index (χ4n) is 1.91. The highest BCUT2D eigenvalue weighted by atomic mass is 16.5. The molecule has 0 amide bonds. The molecule has 0 aliphatic rings. The lowest BCUT2D eigenvalue weighted by molar-refractivity contribution is 0.415. The molecule has 0 aliphatic carbocycles. The number of hydrogen-bond acceptors (Lipinski definition) is 3. The Kier molecular flexibility index (Phi) is 3.77. The van der Waals surface area contributed by atoms with Gasteiger partial charge in [-0.3, -0.25) is 4.79 Å². The Labute approximate surface area is 106 Å². The highest BCUT2D eigenvalue weighted by Gasteiger charge is 2.09. The van der Waals surface area contributed by atoms with Gasteiger partial charge in [0.15, 0.2) is 0 Å². The molecular formula is C14H16N2O2. The number of nitrogens with zero attached hydrogens (tertiary/aromatic N) is 1. The van der Waals surface area contributed by atoms with E-state index in [9.17, 15) is 4.79 Å². The van der Waals surface area contributed by atoms with Crippen molar-refractivity contribution in [3.05, 3.63) is 46.5 Å². The van der Waals surface area contributed by atoms with Crippen LogP contribution in [0, 0.1) is 0 Å². The summed E-state index contributed by atoms with van der Waals surface area (Å²) in [5.41, 5.74) is 2.37. The summed E-state index contributed by atoms with van der Waals surface area (Å²) < 4.78 is 5.12. The summed E-state index contributed by atoms with van der Waals surface area (Å²) >= 11 is 0. The first-order chi connectivity index (χ1) is 8.76. The van der Waals surface area contributed by atoms with Gasteiger partial charge in [0.25, 0.3) is 5.56 Å². The van der Waals surface area contributed by atoms with E-state index in [1.165, 1.54) is 6.33 Å². The first-order valence-corrected chi connectivity index (χ1v) is 5.97. The van der Waals surface area contributed by atoms with E-state index in [1.807, 2.05) is 31.2 Å². The van der Waals surface area contributed by atoms with Gasteiger partial charge in [0.1, 0.15) is 5.75 Å². The topological polar surface area (TPSA) is 55.0 Å². The number of nitrogens with one attached hydrogen (secondary N) is 1. The molecule has 0 saturated carbocycles. The minimum atomic E-state index is -0.0577. The number of rotatable bonds is 4. The smallest absolute Gasteiger partial charge is 0.254 e. The van der Waals surface area contributed by atoms with Crippen molar-refractivity contribution in [1.29, 1.82) is 0 Å². The minimum Gasteiger partial charge on any atom is -0.497 e. The standard InChI is InChI=1S/C14H16N2O2/c1-3-4-12-13(15-9-16-14(12)17)10-5-7-11(18-2)8-6-10/h5-9H,3-4H2,1-2H3,(H,15,16,17). The summed E-state index contributed by atoms with van der Waals surface area (Å²) in [5.74, 6) is 0.792. The van der Waals surface area contributed by atoms with Crippen LogP contribution in [0.1, 0.15) is 18.9 Å². The Morgan fingerprint density at radius 1 is 1.28 bits per heavy atom. The lowest BCUT2D eigenvalue weighted by Gasteiger charge is -2.07. The molecule has 0 spiro atoms. The molecule has 0 bridgehead atoms. The lowest BCUT2D eigenvalue weighted by atomic mass is 10.0. The second kappa shape index (κ2) is 5.49. The lowest BCUT2D eigenvalue weighted by Crippen LogP contribution is -2.14. The number of hydrogen-bond donors (Lipinski definition) is 1. The average Bonchev–Trinajstić information content (AvgIpc) is 2.41. The van der Waals surface area contributed by atoms with Gasteiger partial charge in [0, 0.05) is 11.1 Å². The van der Waals surface area contributed by atoms with Crippen molar-refractivity contribution in [2.45, 2.75) is 19.8 Å². The van der Waals surface area contributed by atoms with E-state index in [0.29, 0.717) is 0 Å². The molecule has 18 heavy (non-hydrogen) atoms. The SMILES string of the molecule is CCCc1c(-c2ccc(OC)cc2)nc[nH]c1=O. The van der Waals surface area contributed by atoms with Gasteiger partial charge in [-0.2, -0.15) is 0 Å². The van der Waals surface area contributed by atoms with Crippen LogP contribution in [0.2, 0.25) is 0 Å². The van der Waals surface area contributed by atoms with E-state index in [0.717, 1.165) is 35.4 Å². The van der Waals surface area contributed by atoms with Gasteiger partial charge in [-0.1, -0.05) is 13.3 Å². The summed E-state index contributed by atoms with van der Waals surface area (Å²) in [5, 5.41) is 0. The third-order valence-electron chi connectivity index (χ3n) is 2.81. The van der Waals surface area contributed by atoms with Gasteiger partial charge in [0.05, 0.1) is 19.1 Å². The molecule has 4 heteroatoms. The molecule has 0 radical (unpaired) electrons. The van der Waals surface area contributed by atoms with E-state index >= 15 is 0 Å². The average molecular weight is 244 g/mol. The van der Waals surface area contributed by atoms with Crippen LogP contribution in [0.4, 0.5) is 0 Å². The zero-order chi connectivity index (χ0) is 13.0. The van der Waals surface area contributed by atoms with Gasteiger partial charge in [-0.25, -0.2) is 4.98 Å².